The second kappa shape index (κ2) is 6.38. The average Bonchev–Trinajstić information content (AvgIpc) is 2.76. The van der Waals surface area contributed by atoms with Gasteiger partial charge in [-0.15, -0.1) is 11.3 Å². The topological polar surface area (TPSA) is 57.6 Å². The molecule has 0 aliphatic carbocycles. The van der Waals surface area contributed by atoms with Crippen LogP contribution in [0, 0.1) is 11.3 Å². The van der Waals surface area contributed by atoms with Crippen LogP contribution >= 0.6 is 43.2 Å². The van der Waals surface area contributed by atoms with Gasteiger partial charge in [0.05, 0.1) is 18.6 Å². The maximum atomic E-state index is 12.6. The average molecular weight is 439 g/mol. The Labute approximate surface area is 144 Å². The lowest BCUT2D eigenvalue weighted by Gasteiger charge is -2.39. The number of piperidine rings is 1. The van der Waals surface area contributed by atoms with Crippen molar-refractivity contribution in [1.29, 1.82) is 0 Å². The van der Waals surface area contributed by atoms with Crippen LogP contribution in [0.2, 0.25) is 0 Å². The van der Waals surface area contributed by atoms with Gasteiger partial charge in [0, 0.05) is 13.1 Å². The molecule has 0 spiro atoms. The molecule has 7 heteroatoms. The SMILES string of the molecule is CC(C)(C(=O)O)C1CCCN(C(=O)c2cc(Br)sc2Br)C1. The van der Waals surface area contributed by atoms with Crippen molar-refractivity contribution in [2.24, 2.45) is 11.3 Å². The summed E-state index contributed by atoms with van der Waals surface area (Å²) in [6.45, 7) is 4.67. The minimum absolute atomic E-state index is 0.0199. The number of carboxylic acids is 1. The van der Waals surface area contributed by atoms with Gasteiger partial charge in [0.15, 0.2) is 0 Å². The summed E-state index contributed by atoms with van der Waals surface area (Å²) >= 11 is 8.25. The van der Waals surface area contributed by atoms with Gasteiger partial charge in [-0.05, 0) is 70.5 Å². The van der Waals surface area contributed by atoms with E-state index >= 15 is 0 Å². The van der Waals surface area contributed by atoms with Gasteiger partial charge in [0.2, 0.25) is 0 Å². The Morgan fingerprint density at radius 2 is 2.10 bits per heavy atom. The van der Waals surface area contributed by atoms with E-state index in [9.17, 15) is 14.7 Å². The molecular formula is C14H17Br2NO3S. The van der Waals surface area contributed by atoms with E-state index in [0.717, 1.165) is 20.4 Å². The highest BCUT2D eigenvalue weighted by Gasteiger charge is 2.40. The molecule has 0 radical (unpaired) electrons. The number of hydrogen-bond acceptors (Lipinski definition) is 3. The Morgan fingerprint density at radius 1 is 1.43 bits per heavy atom. The summed E-state index contributed by atoms with van der Waals surface area (Å²) in [5, 5.41) is 9.37. The van der Waals surface area contributed by atoms with E-state index in [1.807, 2.05) is 6.07 Å². The molecule has 21 heavy (non-hydrogen) atoms. The van der Waals surface area contributed by atoms with E-state index in [1.54, 1.807) is 18.7 Å². The van der Waals surface area contributed by atoms with E-state index in [2.05, 4.69) is 31.9 Å². The predicted molar refractivity (Wildman–Crippen MR) is 89.8 cm³/mol. The molecule has 1 aromatic rings. The third-order valence-electron chi connectivity index (χ3n) is 4.17. The van der Waals surface area contributed by atoms with Crippen molar-refractivity contribution in [3.05, 3.63) is 19.2 Å². The molecule has 1 N–H and O–H groups in total. The second-order valence-corrected chi connectivity index (χ2v) is 9.60. The fourth-order valence-electron chi connectivity index (χ4n) is 2.58. The Hall–Kier alpha value is -0.400. The molecule has 116 valence electrons. The zero-order chi connectivity index (χ0) is 15.8. The van der Waals surface area contributed by atoms with Gasteiger partial charge in [-0.2, -0.15) is 0 Å². The van der Waals surface area contributed by atoms with Crippen LogP contribution in [0.4, 0.5) is 0 Å². The number of carbonyl (C=O) groups excluding carboxylic acids is 1. The number of halogens is 2. The molecule has 0 saturated carbocycles. The van der Waals surface area contributed by atoms with Crippen LogP contribution in [0.25, 0.3) is 0 Å². The summed E-state index contributed by atoms with van der Waals surface area (Å²) in [7, 11) is 0. The summed E-state index contributed by atoms with van der Waals surface area (Å²) in [6, 6.07) is 1.81. The number of carbonyl (C=O) groups is 2. The zero-order valence-corrected chi connectivity index (χ0v) is 15.8. The highest BCUT2D eigenvalue weighted by molar-refractivity contribution is 9.12. The maximum Gasteiger partial charge on any atom is 0.309 e. The Kier molecular flexibility index (Phi) is 5.15. The molecule has 1 aromatic heterocycles. The largest absolute Gasteiger partial charge is 0.481 e. The minimum Gasteiger partial charge on any atom is -0.481 e. The van der Waals surface area contributed by atoms with E-state index < -0.39 is 11.4 Å². The van der Waals surface area contributed by atoms with Crippen molar-refractivity contribution in [3.8, 4) is 0 Å². The third-order valence-corrected chi connectivity index (χ3v) is 6.51. The smallest absolute Gasteiger partial charge is 0.309 e. The number of thiophene rings is 1. The quantitative estimate of drug-likeness (QED) is 0.767. The normalized spacial score (nSPS) is 19.6. The van der Waals surface area contributed by atoms with Crippen molar-refractivity contribution >= 4 is 55.1 Å². The van der Waals surface area contributed by atoms with Crippen molar-refractivity contribution in [2.75, 3.05) is 13.1 Å². The minimum atomic E-state index is -0.814. The fraction of sp³-hybridized carbons (Fsp3) is 0.571. The lowest BCUT2D eigenvalue weighted by Crippen LogP contribution is -2.46. The molecule has 1 fully saturated rings. The lowest BCUT2D eigenvalue weighted by atomic mass is 9.74. The zero-order valence-electron chi connectivity index (χ0n) is 11.9. The van der Waals surface area contributed by atoms with E-state index in [-0.39, 0.29) is 11.8 Å². The van der Waals surface area contributed by atoms with Crippen LogP contribution < -0.4 is 0 Å². The molecular weight excluding hydrogens is 422 g/mol. The number of rotatable bonds is 3. The molecule has 2 heterocycles. The number of likely N-dealkylation sites (tertiary alicyclic amines) is 1. The van der Waals surface area contributed by atoms with Crippen molar-refractivity contribution in [3.63, 3.8) is 0 Å². The predicted octanol–water partition coefficient (Wildman–Crippen LogP) is 4.24. The fourth-order valence-corrected chi connectivity index (χ4v) is 5.36. The first-order valence-electron chi connectivity index (χ1n) is 6.71. The van der Waals surface area contributed by atoms with Crippen LogP contribution in [0.5, 0.6) is 0 Å². The van der Waals surface area contributed by atoms with E-state index in [1.165, 1.54) is 11.3 Å². The highest BCUT2D eigenvalue weighted by atomic mass is 79.9. The number of carboxylic acid groups (broad SMARTS) is 1. The van der Waals surface area contributed by atoms with Crippen molar-refractivity contribution in [1.82, 2.24) is 4.90 Å². The third kappa shape index (κ3) is 3.51. The maximum absolute atomic E-state index is 12.6. The first-order chi connectivity index (χ1) is 9.73. The molecule has 4 nitrogen and oxygen atoms in total. The van der Waals surface area contributed by atoms with Gasteiger partial charge in [-0.25, -0.2) is 0 Å². The van der Waals surface area contributed by atoms with Crippen molar-refractivity contribution in [2.45, 2.75) is 26.7 Å². The van der Waals surface area contributed by atoms with Crippen LogP contribution in [0.1, 0.15) is 37.0 Å². The Morgan fingerprint density at radius 3 is 2.62 bits per heavy atom. The van der Waals surface area contributed by atoms with Crippen LogP contribution in [-0.2, 0) is 4.79 Å². The van der Waals surface area contributed by atoms with Gasteiger partial charge >= 0.3 is 5.97 Å². The Balaban J connectivity index is 2.16. The molecule has 1 unspecified atom stereocenters. The second-order valence-electron chi connectivity index (χ2n) is 5.86. The summed E-state index contributed by atoms with van der Waals surface area (Å²) in [4.78, 5) is 25.8. The van der Waals surface area contributed by atoms with E-state index in [4.69, 9.17) is 0 Å². The van der Waals surface area contributed by atoms with Gasteiger partial charge in [-0.1, -0.05) is 0 Å². The summed E-state index contributed by atoms with van der Waals surface area (Å²) < 4.78 is 1.70. The Bertz CT molecular complexity index is 571. The van der Waals surface area contributed by atoms with Gasteiger partial charge in [-0.3, -0.25) is 9.59 Å². The number of nitrogens with zero attached hydrogens (tertiary/aromatic N) is 1. The van der Waals surface area contributed by atoms with Crippen LogP contribution in [0.15, 0.2) is 13.6 Å². The first-order valence-corrected chi connectivity index (χ1v) is 9.11. The molecule has 1 saturated heterocycles. The molecule has 2 rings (SSSR count). The van der Waals surface area contributed by atoms with Crippen LogP contribution in [-0.4, -0.2) is 35.0 Å². The van der Waals surface area contributed by atoms with Gasteiger partial charge in [0.1, 0.15) is 0 Å². The number of amides is 1. The van der Waals surface area contributed by atoms with Crippen LogP contribution in [0.3, 0.4) is 0 Å². The number of hydrogen-bond donors (Lipinski definition) is 1. The summed E-state index contributed by atoms with van der Waals surface area (Å²) in [6.07, 6.45) is 1.69. The van der Waals surface area contributed by atoms with Crippen molar-refractivity contribution < 1.29 is 14.7 Å². The standard InChI is InChI=1S/C14H17Br2NO3S/c1-14(2,13(19)20)8-4-3-5-17(7-8)12(18)9-6-10(15)21-11(9)16/h6,8H,3-5,7H2,1-2H3,(H,19,20). The molecule has 0 aromatic carbocycles. The lowest BCUT2D eigenvalue weighted by molar-refractivity contribution is -0.151. The monoisotopic (exact) mass is 437 g/mol. The first kappa shape index (κ1) is 17.0. The van der Waals surface area contributed by atoms with E-state index in [0.29, 0.717) is 18.7 Å². The molecule has 1 atom stereocenters. The molecule has 1 amide bonds. The summed E-state index contributed by atoms with van der Waals surface area (Å²) in [5.41, 5.74) is -0.175. The highest BCUT2D eigenvalue weighted by Crippen LogP contribution is 2.37. The number of aliphatic carboxylic acids is 1. The molecule has 1 aliphatic heterocycles. The van der Waals surface area contributed by atoms with Gasteiger partial charge in [0.25, 0.3) is 5.91 Å². The summed E-state index contributed by atoms with van der Waals surface area (Å²) in [5.74, 6) is -0.857. The van der Waals surface area contributed by atoms with Gasteiger partial charge < -0.3 is 10.0 Å². The molecule has 0 bridgehead atoms. The molecule has 1 aliphatic rings.